The molecule has 0 radical (unpaired) electrons. The molecule has 1 heteroatoms. The van der Waals surface area contributed by atoms with Gasteiger partial charge in [0, 0.05) is 6.04 Å². The third kappa shape index (κ3) is 1.55. The fourth-order valence-corrected chi connectivity index (χ4v) is 5.23. The maximum atomic E-state index is 6.16. The summed E-state index contributed by atoms with van der Waals surface area (Å²) < 4.78 is 0. The first-order chi connectivity index (χ1) is 7.69. The molecular weight excluding hydrogens is 194 g/mol. The van der Waals surface area contributed by atoms with E-state index in [0.717, 1.165) is 29.6 Å². The van der Waals surface area contributed by atoms with Gasteiger partial charge in [0.1, 0.15) is 0 Å². The molecule has 1 nitrogen and oxygen atoms in total. The minimum atomic E-state index is 0.271. The minimum absolute atomic E-state index is 0.271. The Morgan fingerprint density at radius 2 is 1.56 bits per heavy atom. The van der Waals surface area contributed by atoms with E-state index in [-0.39, 0.29) is 6.04 Å². The molecule has 0 aromatic heterocycles. The molecule has 0 aliphatic heterocycles. The lowest BCUT2D eigenvalue weighted by Crippen LogP contribution is -2.47. The fourth-order valence-electron chi connectivity index (χ4n) is 5.23. The maximum Gasteiger partial charge on any atom is 0.0227 e. The lowest BCUT2D eigenvalue weighted by Gasteiger charge is -2.55. The maximum absolute atomic E-state index is 6.16. The molecule has 0 spiro atoms. The molecule has 0 saturated heterocycles. The second-order valence-corrected chi connectivity index (χ2v) is 6.53. The molecule has 4 fully saturated rings. The predicted molar refractivity (Wildman–Crippen MR) is 67.9 cm³/mol. The highest BCUT2D eigenvalue weighted by Gasteiger charge is 2.49. The van der Waals surface area contributed by atoms with Crippen molar-refractivity contribution in [3.8, 4) is 0 Å². The van der Waals surface area contributed by atoms with Gasteiger partial charge in [-0.25, -0.2) is 0 Å². The SMILES string of the molecule is C/C=C(\C(C)N)C1C2CC3CC(C2)CC1C3. The van der Waals surface area contributed by atoms with Gasteiger partial charge in [-0.15, -0.1) is 0 Å². The van der Waals surface area contributed by atoms with Gasteiger partial charge < -0.3 is 5.73 Å². The molecule has 0 aromatic rings. The van der Waals surface area contributed by atoms with Crippen LogP contribution in [-0.4, -0.2) is 6.04 Å². The van der Waals surface area contributed by atoms with Gasteiger partial charge in [-0.3, -0.25) is 0 Å². The topological polar surface area (TPSA) is 26.0 Å². The van der Waals surface area contributed by atoms with Gasteiger partial charge in [0.25, 0.3) is 0 Å². The zero-order valence-corrected chi connectivity index (χ0v) is 10.7. The van der Waals surface area contributed by atoms with E-state index < -0.39 is 0 Å². The molecule has 4 saturated carbocycles. The Bertz CT molecular complexity index is 275. The van der Waals surface area contributed by atoms with Crippen LogP contribution >= 0.6 is 0 Å². The van der Waals surface area contributed by atoms with Gasteiger partial charge in [-0.1, -0.05) is 11.6 Å². The van der Waals surface area contributed by atoms with Crippen molar-refractivity contribution in [1.82, 2.24) is 0 Å². The number of allylic oxidation sites excluding steroid dienone is 1. The number of nitrogens with two attached hydrogens (primary N) is 1. The van der Waals surface area contributed by atoms with Crippen molar-refractivity contribution in [2.75, 3.05) is 0 Å². The van der Waals surface area contributed by atoms with Crippen LogP contribution in [0.15, 0.2) is 11.6 Å². The summed E-state index contributed by atoms with van der Waals surface area (Å²) in [5.74, 6) is 4.95. The summed E-state index contributed by atoms with van der Waals surface area (Å²) in [6.45, 7) is 4.35. The highest BCUT2D eigenvalue weighted by molar-refractivity contribution is 5.18. The van der Waals surface area contributed by atoms with E-state index in [1.807, 2.05) is 0 Å². The first-order valence-corrected chi connectivity index (χ1v) is 7.10. The second kappa shape index (κ2) is 3.87. The molecule has 2 N–H and O–H groups in total. The molecule has 0 heterocycles. The molecule has 1 atom stereocenters. The van der Waals surface area contributed by atoms with Gasteiger partial charge in [-0.2, -0.15) is 0 Å². The standard InChI is InChI=1S/C15H25N/c1-3-14(9(2)16)15-12-5-10-4-11(7-12)8-13(15)6-10/h3,9-13,15H,4-8,16H2,1-2H3/b14-3+. The summed E-state index contributed by atoms with van der Waals surface area (Å²) in [5, 5.41) is 0. The first kappa shape index (κ1) is 10.8. The average molecular weight is 219 g/mol. The van der Waals surface area contributed by atoms with Crippen molar-refractivity contribution in [2.45, 2.75) is 52.0 Å². The summed E-state index contributed by atoms with van der Waals surface area (Å²) in [5.41, 5.74) is 7.72. The Labute approximate surface area is 99.5 Å². The van der Waals surface area contributed by atoms with Crippen LogP contribution in [0.2, 0.25) is 0 Å². The normalized spacial score (nSPS) is 48.4. The minimum Gasteiger partial charge on any atom is -0.324 e. The molecule has 90 valence electrons. The molecule has 0 amide bonds. The molecular formula is C15H25N. The van der Waals surface area contributed by atoms with E-state index in [1.54, 1.807) is 12.0 Å². The third-order valence-corrected chi connectivity index (χ3v) is 5.47. The summed E-state index contributed by atoms with van der Waals surface area (Å²) in [7, 11) is 0. The molecule has 4 aliphatic carbocycles. The number of hydrogen-bond acceptors (Lipinski definition) is 1. The highest BCUT2D eigenvalue weighted by atomic mass is 14.6. The summed E-state index contributed by atoms with van der Waals surface area (Å²) >= 11 is 0. The molecule has 4 rings (SSSR count). The van der Waals surface area contributed by atoms with Crippen molar-refractivity contribution in [1.29, 1.82) is 0 Å². The largest absolute Gasteiger partial charge is 0.324 e. The Kier molecular flexibility index (Phi) is 2.62. The van der Waals surface area contributed by atoms with Gasteiger partial charge in [0.05, 0.1) is 0 Å². The average Bonchev–Trinajstić information content (AvgIpc) is 2.21. The Hall–Kier alpha value is -0.300. The van der Waals surface area contributed by atoms with Crippen LogP contribution in [0.4, 0.5) is 0 Å². The molecule has 16 heavy (non-hydrogen) atoms. The van der Waals surface area contributed by atoms with Gasteiger partial charge >= 0.3 is 0 Å². The fraction of sp³-hybridized carbons (Fsp3) is 0.867. The van der Waals surface area contributed by atoms with Crippen LogP contribution in [-0.2, 0) is 0 Å². The first-order valence-electron chi connectivity index (χ1n) is 7.10. The van der Waals surface area contributed by atoms with E-state index in [9.17, 15) is 0 Å². The second-order valence-electron chi connectivity index (χ2n) is 6.53. The van der Waals surface area contributed by atoms with Gasteiger partial charge in [0.2, 0.25) is 0 Å². The van der Waals surface area contributed by atoms with Crippen molar-refractivity contribution < 1.29 is 0 Å². The summed E-state index contributed by atoms with van der Waals surface area (Å²) in [6.07, 6.45) is 9.87. The molecule has 4 aliphatic rings. The van der Waals surface area contributed by atoms with Crippen molar-refractivity contribution >= 4 is 0 Å². The lowest BCUT2D eigenvalue weighted by atomic mass is 9.50. The van der Waals surface area contributed by atoms with Crippen molar-refractivity contribution in [2.24, 2.45) is 35.3 Å². The number of hydrogen-bond donors (Lipinski definition) is 1. The quantitative estimate of drug-likeness (QED) is 0.708. The van der Waals surface area contributed by atoms with Crippen LogP contribution in [0.1, 0.15) is 46.0 Å². The van der Waals surface area contributed by atoms with Crippen LogP contribution in [0.3, 0.4) is 0 Å². The highest BCUT2D eigenvalue weighted by Crippen LogP contribution is 2.58. The smallest absolute Gasteiger partial charge is 0.0227 e. The molecule has 4 bridgehead atoms. The Morgan fingerprint density at radius 1 is 1.06 bits per heavy atom. The molecule has 0 aromatic carbocycles. The Morgan fingerprint density at radius 3 is 1.94 bits per heavy atom. The van der Waals surface area contributed by atoms with Crippen LogP contribution in [0, 0.1) is 29.6 Å². The Balaban J connectivity index is 1.86. The number of rotatable bonds is 2. The van der Waals surface area contributed by atoms with Crippen LogP contribution < -0.4 is 5.73 Å². The van der Waals surface area contributed by atoms with E-state index in [1.165, 1.54) is 25.7 Å². The third-order valence-electron chi connectivity index (χ3n) is 5.47. The van der Waals surface area contributed by atoms with Crippen LogP contribution in [0.25, 0.3) is 0 Å². The van der Waals surface area contributed by atoms with E-state index >= 15 is 0 Å². The van der Waals surface area contributed by atoms with Gasteiger partial charge in [0.15, 0.2) is 0 Å². The van der Waals surface area contributed by atoms with E-state index in [0.29, 0.717) is 0 Å². The summed E-state index contributed by atoms with van der Waals surface area (Å²) in [4.78, 5) is 0. The monoisotopic (exact) mass is 219 g/mol. The van der Waals surface area contributed by atoms with Crippen LogP contribution in [0.5, 0.6) is 0 Å². The van der Waals surface area contributed by atoms with Gasteiger partial charge in [-0.05, 0) is 75.5 Å². The van der Waals surface area contributed by atoms with E-state index in [2.05, 4.69) is 19.9 Å². The zero-order valence-electron chi connectivity index (χ0n) is 10.7. The van der Waals surface area contributed by atoms with E-state index in [4.69, 9.17) is 5.73 Å². The zero-order chi connectivity index (χ0) is 11.3. The lowest BCUT2D eigenvalue weighted by molar-refractivity contribution is -0.0225. The summed E-state index contributed by atoms with van der Waals surface area (Å²) in [6, 6.07) is 0.271. The molecule has 1 unspecified atom stereocenters. The predicted octanol–water partition coefficient (Wildman–Crippen LogP) is 3.35. The van der Waals surface area contributed by atoms with Crippen molar-refractivity contribution in [3.05, 3.63) is 11.6 Å². The van der Waals surface area contributed by atoms with Crippen molar-refractivity contribution in [3.63, 3.8) is 0 Å².